The van der Waals surface area contributed by atoms with Crippen LogP contribution in [0.2, 0.25) is 0 Å². The molecule has 8 nitrogen and oxygen atoms in total. The lowest BCUT2D eigenvalue weighted by atomic mass is 10.3. The van der Waals surface area contributed by atoms with E-state index in [-0.39, 0.29) is 18.5 Å². The number of aromatic nitrogens is 4. The fourth-order valence-corrected chi connectivity index (χ4v) is 2.23. The van der Waals surface area contributed by atoms with Crippen LogP contribution >= 0.6 is 0 Å². The maximum absolute atomic E-state index is 12.3. The number of aliphatic hydroxyl groups excluding tert-OH is 1. The molecule has 0 saturated carbocycles. The first kappa shape index (κ1) is 13.2. The average Bonchev–Trinajstić information content (AvgIpc) is 3.09. The first-order valence-electron chi connectivity index (χ1n) is 6.54. The number of aryl methyl sites for hydroxylation is 1. The van der Waals surface area contributed by atoms with Gasteiger partial charge in [-0.2, -0.15) is 5.10 Å². The molecule has 0 aliphatic carbocycles. The standard InChI is InChI=1S/C12H16N4O4/c17-4-3-16-11-9(7-14-16)12(18)15(8-13-11)2-1-10-19-5-6-20-10/h7-8,10,17H,1-6H2. The quantitative estimate of drug-likeness (QED) is 0.782. The van der Waals surface area contributed by atoms with Gasteiger partial charge in [-0.3, -0.25) is 9.36 Å². The topological polar surface area (TPSA) is 91.4 Å². The summed E-state index contributed by atoms with van der Waals surface area (Å²) in [6.45, 7) is 1.97. The molecule has 20 heavy (non-hydrogen) atoms. The molecule has 0 amide bonds. The van der Waals surface area contributed by atoms with Crippen LogP contribution in [-0.2, 0) is 22.6 Å². The summed E-state index contributed by atoms with van der Waals surface area (Å²) in [5.41, 5.74) is 0.353. The Morgan fingerprint density at radius 1 is 1.35 bits per heavy atom. The average molecular weight is 280 g/mol. The van der Waals surface area contributed by atoms with Crippen LogP contribution in [0, 0.1) is 0 Å². The van der Waals surface area contributed by atoms with Gasteiger partial charge >= 0.3 is 0 Å². The Labute approximate surface area is 114 Å². The van der Waals surface area contributed by atoms with Crippen LogP contribution in [0.25, 0.3) is 11.0 Å². The van der Waals surface area contributed by atoms with Crippen molar-refractivity contribution in [2.24, 2.45) is 0 Å². The van der Waals surface area contributed by atoms with E-state index >= 15 is 0 Å². The number of hydrogen-bond donors (Lipinski definition) is 1. The first-order valence-corrected chi connectivity index (χ1v) is 6.54. The SMILES string of the molecule is O=c1c2cnn(CCO)c2ncn1CCC1OCCO1. The van der Waals surface area contributed by atoms with E-state index in [1.807, 2.05) is 0 Å². The molecule has 8 heteroatoms. The highest BCUT2D eigenvalue weighted by atomic mass is 16.7. The van der Waals surface area contributed by atoms with Crippen LogP contribution in [0.1, 0.15) is 6.42 Å². The van der Waals surface area contributed by atoms with Gasteiger partial charge < -0.3 is 14.6 Å². The van der Waals surface area contributed by atoms with Gasteiger partial charge in [0.1, 0.15) is 5.39 Å². The normalized spacial score (nSPS) is 16.2. The highest BCUT2D eigenvalue weighted by Gasteiger charge is 2.16. The predicted molar refractivity (Wildman–Crippen MR) is 69.2 cm³/mol. The van der Waals surface area contributed by atoms with Gasteiger partial charge in [0.25, 0.3) is 5.56 Å². The van der Waals surface area contributed by atoms with Gasteiger partial charge in [0.05, 0.1) is 38.9 Å². The van der Waals surface area contributed by atoms with E-state index in [0.29, 0.717) is 43.8 Å². The first-order chi connectivity index (χ1) is 9.79. The predicted octanol–water partition coefficient (Wildman–Crippen LogP) is -0.652. The molecule has 3 rings (SSSR count). The lowest BCUT2D eigenvalue weighted by Crippen LogP contribution is -2.23. The van der Waals surface area contributed by atoms with E-state index in [1.54, 1.807) is 0 Å². The van der Waals surface area contributed by atoms with Crippen molar-refractivity contribution >= 4 is 11.0 Å². The molecule has 0 atom stereocenters. The molecule has 1 N–H and O–H groups in total. The lowest BCUT2D eigenvalue weighted by Gasteiger charge is -2.10. The molecular weight excluding hydrogens is 264 g/mol. The van der Waals surface area contributed by atoms with Crippen molar-refractivity contribution in [1.82, 2.24) is 19.3 Å². The summed E-state index contributed by atoms with van der Waals surface area (Å²) in [5.74, 6) is 0. The summed E-state index contributed by atoms with van der Waals surface area (Å²) in [7, 11) is 0. The Balaban J connectivity index is 1.81. The van der Waals surface area contributed by atoms with Crippen molar-refractivity contribution in [3.63, 3.8) is 0 Å². The van der Waals surface area contributed by atoms with Crippen LogP contribution in [-0.4, -0.2) is 50.5 Å². The molecule has 0 aromatic carbocycles. The van der Waals surface area contributed by atoms with Gasteiger partial charge in [-0.25, -0.2) is 9.67 Å². The molecular formula is C12H16N4O4. The van der Waals surface area contributed by atoms with Gasteiger partial charge in [-0.05, 0) is 0 Å². The minimum atomic E-state index is -0.241. The second-order valence-corrected chi connectivity index (χ2v) is 4.53. The van der Waals surface area contributed by atoms with Crippen LogP contribution in [0.3, 0.4) is 0 Å². The molecule has 2 aromatic rings. The zero-order valence-corrected chi connectivity index (χ0v) is 10.9. The van der Waals surface area contributed by atoms with E-state index in [0.717, 1.165) is 0 Å². The number of rotatable bonds is 5. The summed E-state index contributed by atoms with van der Waals surface area (Å²) in [5, 5.41) is 13.4. The lowest BCUT2D eigenvalue weighted by molar-refractivity contribution is -0.0492. The Bertz CT molecular complexity index is 644. The van der Waals surface area contributed by atoms with Crippen LogP contribution in [0.15, 0.2) is 17.3 Å². The van der Waals surface area contributed by atoms with Gasteiger partial charge in [-0.15, -0.1) is 0 Å². The largest absolute Gasteiger partial charge is 0.394 e. The minimum Gasteiger partial charge on any atom is -0.394 e. The summed E-state index contributed by atoms with van der Waals surface area (Å²) < 4.78 is 13.7. The Hall–Kier alpha value is -1.77. The van der Waals surface area contributed by atoms with E-state index in [9.17, 15) is 4.79 Å². The van der Waals surface area contributed by atoms with Gasteiger partial charge in [0.15, 0.2) is 11.9 Å². The number of aliphatic hydroxyl groups is 1. The van der Waals surface area contributed by atoms with Gasteiger partial charge in [0.2, 0.25) is 0 Å². The third-order valence-electron chi connectivity index (χ3n) is 3.23. The number of hydrogen-bond acceptors (Lipinski definition) is 6. The molecule has 108 valence electrons. The van der Waals surface area contributed by atoms with Crippen molar-refractivity contribution in [3.05, 3.63) is 22.9 Å². The van der Waals surface area contributed by atoms with Crippen LogP contribution in [0.5, 0.6) is 0 Å². The summed E-state index contributed by atoms with van der Waals surface area (Å²) >= 11 is 0. The third-order valence-corrected chi connectivity index (χ3v) is 3.23. The van der Waals surface area contributed by atoms with Crippen molar-refractivity contribution in [2.75, 3.05) is 19.8 Å². The molecule has 1 aliphatic heterocycles. The molecule has 3 heterocycles. The number of nitrogens with zero attached hydrogens (tertiary/aromatic N) is 4. The number of fused-ring (bicyclic) bond motifs is 1. The van der Waals surface area contributed by atoms with Crippen molar-refractivity contribution < 1.29 is 14.6 Å². The summed E-state index contributed by atoms with van der Waals surface area (Å²) in [6.07, 6.45) is 3.35. The summed E-state index contributed by atoms with van der Waals surface area (Å²) in [4.78, 5) is 16.5. The molecule has 1 fully saturated rings. The zero-order chi connectivity index (χ0) is 13.9. The van der Waals surface area contributed by atoms with E-state index in [4.69, 9.17) is 14.6 Å². The molecule has 0 spiro atoms. The molecule has 0 bridgehead atoms. The Kier molecular flexibility index (Phi) is 3.77. The smallest absolute Gasteiger partial charge is 0.264 e. The van der Waals surface area contributed by atoms with Crippen LogP contribution in [0.4, 0.5) is 0 Å². The molecule has 1 aliphatic rings. The van der Waals surface area contributed by atoms with Crippen molar-refractivity contribution in [2.45, 2.75) is 25.8 Å². The van der Waals surface area contributed by atoms with Gasteiger partial charge in [-0.1, -0.05) is 0 Å². The van der Waals surface area contributed by atoms with Crippen LogP contribution < -0.4 is 5.56 Å². The van der Waals surface area contributed by atoms with Gasteiger partial charge in [0, 0.05) is 13.0 Å². The highest BCUT2D eigenvalue weighted by molar-refractivity contribution is 5.72. The molecule has 0 radical (unpaired) electrons. The second-order valence-electron chi connectivity index (χ2n) is 4.53. The molecule has 1 saturated heterocycles. The Morgan fingerprint density at radius 3 is 2.90 bits per heavy atom. The summed E-state index contributed by atoms with van der Waals surface area (Å²) in [6, 6.07) is 0. The second kappa shape index (κ2) is 5.70. The molecule has 0 unspecified atom stereocenters. The Morgan fingerprint density at radius 2 is 2.15 bits per heavy atom. The maximum Gasteiger partial charge on any atom is 0.264 e. The molecule has 2 aromatic heterocycles. The number of ether oxygens (including phenoxy) is 2. The highest BCUT2D eigenvalue weighted by Crippen LogP contribution is 2.09. The van der Waals surface area contributed by atoms with E-state index < -0.39 is 0 Å². The maximum atomic E-state index is 12.3. The minimum absolute atomic E-state index is 0.0437. The fourth-order valence-electron chi connectivity index (χ4n) is 2.23. The van der Waals surface area contributed by atoms with Crippen molar-refractivity contribution in [1.29, 1.82) is 0 Å². The van der Waals surface area contributed by atoms with E-state index in [1.165, 1.54) is 21.8 Å². The third kappa shape index (κ3) is 2.45. The zero-order valence-electron chi connectivity index (χ0n) is 10.9. The van der Waals surface area contributed by atoms with E-state index in [2.05, 4.69) is 10.1 Å². The monoisotopic (exact) mass is 280 g/mol. The fraction of sp³-hybridized carbons (Fsp3) is 0.583. The van der Waals surface area contributed by atoms with Crippen molar-refractivity contribution in [3.8, 4) is 0 Å².